The molecule has 3 unspecified atom stereocenters. The van der Waals surface area contributed by atoms with Crippen molar-refractivity contribution < 1.29 is 9.47 Å². The molecule has 3 atom stereocenters. The monoisotopic (exact) mass is 210 g/mol. The predicted molar refractivity (Wildman–Crippen MR) is 58.4 cm³/mol. The molecule has 1 aliphatic rings. The van der Waals surface area contributed by atoms with Crippen LogP contribution in [-0.2, 0) is 9.47 Å². The van der Waals surface area contributed by atoms with Crippen molar-refractivity contribution >= 4 is 0 Å². The third-order valence-corrected chi connectivity index (χ3v) is 2.82. The van der Waals surface area contributed by atoms with Crippen LogP contribution in [0.2, 0.25) is 0 Å². The van der Waals surface area contributed by atoms with Crippen molar-refractivity contribution in [3.63, 3.8) is 0 Å². The number of hydrogen-bond acceptors (Lipinski definition) is 3. The summed E-state index contributed by atoms with van der Waals surface area (Å²) in [6, 6.07) is 4.33. The second-order valence-corrected chi connectivity index (χ2v) is 3.76. The number of nitrogens with zero attached hydrogens (tertiary/aromatic N) is 1. The Kier molecular flexibility index (Phi) is 3.28. The van der Waals surface area contributed by atoms with Gasteiger partial charge in [0.2, 0.25) is 0 Å². The average molecular weight is 210 g/mol. The first-order valence-corrected chi connectivity index (χ1v) is 5.39. The highest BCUT2D eigenvalue weighted by atomic mass is 16.5. The van der Waals surface area contributed by atoms with Gasteiger partial charge in [0.25, 0.3) is 0 Å². The van der Waals surface area contributed by atoms with E-state index in [1.54, 1.807) is 7.11 Å². The van der Waals surface area contributed by atoms with Gasteiger partial charge in [0.05, 0.1) is 12.1 Å². The summed E-state index contributed by atoms with van der Waals surface area (Å²) in [4.78, 5) is 0. The molecule has 15 heavy (non-hydrogen) atoms. The minimum absolute atomic E-state index is 0.160. The van der Waals surface area contributed by atoms with Gasteiger partial charge in [0, 0.05) is 32.5 Å². The van der Waals surface area contributed by atoms with E-state index in [0.717, 1.165) is 13.0 Å². The van der Waals surface area contributed by atoms with E-state index in [9.17, 15) is 0 Å². The maximum atomic E-state index is 5.56. The topological polar surface area (TPSA) is 35.4 Å². The van der Waals surface area contributed by atoms with E-state index in [1.807, 2.05) is 36.1 Å². The molecule has 0 bridgehead atoms. The highest BCUT2D eigenvalue weighted by Gasteiger charge is 2.42. The third-order valence-electron chi connectivity index (χ3n) is 2.82. The quantitative estimate of drug-likeness (QED) is 0.793. The number of hydrogen-bond donors (Lipinski definition) is 1. The van der Waals surface area contributed by atoms with Crippen molar-refractivity contribution in [3.8, 4) is 0 Å². The second-order valence-electron chi connectivity index (χ2n) is 3.76. The van der Waals surface area contributed by atoms with Gasteiger partial charge in [-0.25, -0.2) is 0 Å². The molecule has 1 N–H and O–H groups in total. The highest BCUT2D eigenvalue weighted by molar-refractivity contribution is 5.05. The van der Waals surface area contributed by atoms with Crippen molar-refractivity contribution in [2.24, 2.45) is 0 Å². The van der Waals surface area contributed by atoms with Crippen molar-refractivity contribution in [3.05, 3.63) is 24.5 Å². The molecule has 0 amide bonds. The summed E-state index contributed by atoms with van der Waals surface area (Å²) in [7, 11) is 1.74. The van der Waals surface area contributed by atoms with Gasteiger partial charge in [-0.2, -0.15) is 0 Å². The molecule has 4 nitrogen and oxygen atoms in total. The van der Waals surface area contributed by atoms with Crippen LogP contribution in [0.1, 0.15) is 13.3 Å². The van der Waals surface area contributed by atoms with Gasteiger partial charge in [0.15, 0.2) is 0 Å². The number of ether oxygens (including phenoxy) is 2. The molecule has 1 aliphatic carbocycles. The van der Waals surface area contributed by atoms with Gasteiger partial charge in [-0.15, -0.1) is 0 Å². The first kappa shape index (κ1) is 10.5. The van der Waals surface area contributed by atoms with Gasteiger partial charge in [-0.3, -0.25) is 4.68 Å². The first-order chi connectivity index (χ1) is 7.35. The summed E-state index contributed by atoms with van der Waals surface area (Å²) in [5, 5.41) is 0. The largest absolute Gasteiger partial charge is 0.377 e. The third kappa shape index (κ3) is 2.16. The maximum Gasteiger partial charge on any atom is 0.105 e. The normalized spacial score (nSPS) is 29.9. The molecule has 2 rings (SSSR count). The summed E-state index contributed by atoms with van der Waals surface area (Å²) in [6.07, 6.45) is 5.38. The Morgan fingerprint density at radius 1 is 1.40 bits per heavy atom. The lowest BCUT2D eigenvalue weighted by Crippen LogP contribution is -2.58. The summed E-state index contributed by atoms with van der Waals surface area (Å²) in [6.45, 7) is 2.76. The molecule has 1 aromatic rings. The molecule has 0 radical (unpaired) electrons. The zero-order valence-corrected chi connectivity index (χ0v) is 9.22. The van der Waals surface area contributed by atoms with Gasteiger partial charge in [-0.05, 0) is 19.1 Å². The standard InChI is InChI=1S/C11H18N2O2/c1-3-15-10-8-9(11(10)14-2)12-13-6-4-5-7-13/h4-7,9-12H,3,8H2,1-2H3. The zero-order chi connectivity index (χ0) is 10.7. The first-order valence-electron chi connectivity index (χ1n) is 5.39. The molecule has 0 aliphatic heterocycles. The molecule has 0 saturated heterocycles. The van der Waals surface area contributed by atoms with Crippen LogP contribution in [0.5, 0.6) is 0 Å². The van der Waals surface area contributed by atoms with E-state index < -0.39 is 0 Å². The van der Waals surface area contributed by atoms with Crippen LogP contribution in [0.25, 0.3) is 0 Å². The molecular formula is C11H18N2O2. The Bertz CT molecular complexity index is 287. The van der Waals surface area contributed by atoms with Crippen molar-refractivity contribution in [2.45, 2.75) is 31.6 Å². The van der Waals surface area contributed by atoms with E-state index in [4.69, 9.17) is 9.47 Å². The Balaban J connectivity index is 1.85. The van der Waals surface area contributed by atoms with Gasteiger partial charge in [-0.1, -0.05) is 0 Å². The maximum absolute atomic E-state index is 5.56. The summed E-state index contributed by atoms with van der Waals surface area (Å²) in [5.74, 6) is 0. The lowest BCUT2D eigenvalue weighted by atomic mass is 9.86. The fourth-order valence-corrected chi connectivity index (χ4v) is 2.01. The van der Waals surface area contributed by atoms with Crippen LogP contribution < -0.4 is 5.43 Å². The molecule has 1 heterocycles. The zero-order valence-electron chi connectivity index (χ0n) is 9.22. The average Bonchev–Trinajstić information content (AvgIpc) is 2.69. The van der Waals surface area contributed by atoms with Crippen LogP contribution in [0, 0.1) is 0 Å². The Morgan fingerprint density at radius 3 is 2.73 bits per heavy atom. The number of methoxy groups -OCH3 is 1. The molecule has 4 heteroatoms. The molecule has 1 aromatic heterocycles. The van der Waals surface area contributed by atoms with E-state index in [0.29, 0.717) is 6.04 Å². The van der Waals surface area contributed by atoms with Gasteiger partial charge >= 0.3 is 0 Å². The van der Waals surface area contributed by atoms with Crippen molar-refractivity contribution in [1.82, 2.24) is 4.68 Å². The van der Waals surface area contributed by atoms with E-state index >= 15 is 0 Å². The smallest absolute Gasteiger partial charge is 0.105 e. The van der Waals surface area contributed by atoms with E-state index in [-0.39, 0.29) is 12.2 Å². The Hall–Kier alpha value is -1.00. The molecule has 84 valence electrons. The lowest BCUT2D eigenvalue weighted by molar-refractivity contribution is -0.120. The molecular weight excluding hydrogens is 192 g/mol. The highest BCUT2D eigenvalue weighted by Crippen LogP contribution is 2.27. The number of aromatic nitrogens is 1. The minimum atomic E-state index is 0.160. The number of nitrogens with one attached hydrogen (secondary N) is 1. The minimum Gasteiger partial charge on any atom is -0.377 e. The summed E-state index contributed by atoms with van der Waals surface area (Å²) in [5.41, 5.74) is 3.36. The fraction of sp³-hybridized carbons (Fsp3) is 0.636. The van der Waals surface area contributed by atoms with E-state index in [1.165, 1.54) is 0 Å². The molecule has 0 spiro atoms. The Labute approximate surface area is 90.1 Å². The fourth-order valence-electron chi connectivity index (χ4n) is 2.01. The Morgan fingerprint density at radius 2 is 2.13 bits per heavy atom. The van der Waals surface area contributed by atoms with Gasteiger partial charge < -0.3 is 14.9 Å². The van der Waals surface area contributed by atoms with E-state index in [2.05, 4.69) is 5.43 Å². The van der Waals surface area contributed by atoms with Crippen LogP contribution in [0.15, 0.2) is 24.5 Å². The second kappa shape index (κ2) is 4.68. The number of rotatable bonds is 5. The predicted octanol–water partition coefficient (Wildman–Crippen LogP) is 1.22. The van der Waals surface area contributed by atoms with Crippen LogP contribution in [-0.4, -0.2) is 36.6 Å². The lowest BCUT2D eigenvalue weighted by Gasteiger charge is -2.43. The molecule has 1 saturated carbocycles. The van der Waals surface area contributed by atoms with Crippen LogP contribution in [0.3, 0.4) is 0 Å². The van der Waals surface area contributed by atoms with Gasteiger partial charge in [0.1, 0.15) is 6.10 Å². The van der Waals surface area contributed by atoms with Crippen LogP contribution >= 0.6 is 0 Å². The summed E-state index contributed by atoms with van der Waals surface area (Å²) < 4.78 is 12.9. The van der Waals surface area contributed by atoms with Crippen LogP contribution in [0.4, 0.5) is 0 Å². The van der Waals surface area contributed by atoms with Crippen molar-refractivity contribution in [2.75, 3.05) is 19.1 Å². The molecule has 1 fully saturated rings. The summed E-state index contributed by atoms with van der Waals surface area (Å²) >= 11 is 0. The SMILES string of the molecule is CCOC1CC(Nn2cccc2)C1OC. The van der Waals surface area contributed by atoms with Crippen molar-refractivity contribution in [1.29, 1.82) is 0 Å². The molecule has 0 aromatic carbocycles.